The van der Waals surface area contributed by atoms with E-state index in [0.29, 0.717) is 11.5 Å². The number of hydrogen-bond acceptors (Lipinski definition) is 6. The molecule has 0 aliphatic rings. The van der Waals surface area contributed by atoms with Crippen molar-refractivity contribution in [1.82, 2.24) is 30.2 Å². The molecule has 30 heavy (non-hydrogen) atoms. The smallest absolute Gasteiger partial charge is 0.262 e. The molecule has 0 aliphatic heterocycles. The van der Waals surface area contributed by atoms with Crippen LogP contribution in [0.15, 0.2) is 48.8 Å². The van der Waals surface area contributed by atoms with Crippen LogP contribution in [0.2, 0.25) is 0 Å². The van der Waals surface area contributed by atoms with Gasteiger partial charge in [0, 0.05) is 18.2 Å². The normalized spacial score (nSPS) is 10.8. The van der Waals surface area contributed by atoms with Crippen molar-refractivity contribution in [3.63, 3.8) is 0 Å². The van der Waals surface area contributed by atoms with Crippen LogP contribution in [0.25, 0.3) is 22.6 Å². The Hall–Kier alpha value is -4.08. The van der Waals surface area contributed by atoms with E-state index in [1.807, 2.05) is 25.1 Å². The maximum atomic E-state index is 13.8. The van der Waals surface area contributed by atoms with E-state index in [1.54, 1.807) is 11.7 Å². The van der Waals surface area contributed by atoms with E-state index in [-0.39, 0.29) is 5.82 Å². The fourth-order valence-electron chi connectivity index (χ4n) is 2.94. The van der Waals surface area contributed by atoms with E-state index in [9.17, 15) is 13.6 Å². The number of aromatic nitrogens is 6. The van der Waals surface area contributed by atoms with Gasteiger partial charge in [-0.05, 0) is 41.1 Å². The first kappa shape index (κ1) is 19.2. The number of carbonyl (C=O) groups excluding carboxylic acids is 1. The second-order valence-electron chi connectivity index (χ2n) is 6.49. The second-order valence-corrected chi connectivity index (χ2v) is 6.49. The number of nitrogens with zero attached hydrogens (tertiary/aromatic N) is 6. The van der Waals surface area contributed by atoms with Gasteiger partial charge < -0.3 is 5.32 Å². The fraction of sp³-hybridized carbons (Fsp3) is 0.100. The van der Waals surface area contributed by atoms with Gasteiger partial charge in [0.2, 0.25) is 0 Å². The van der Waals surface area contributed by atoms with Gasteiger partial charge in [-0.3, -0.25) is 9.78 Å². The summed E-state index contributed by atoms with van der Waals surface area (Å²) in [5.74, 6) is -2.19. The summed E-state index contributed by atoms with van der Waals surface area (Å²) in [6.45, 7) is 1.92. The molecule has 1 amide bonds. The molecule has 0 spiro atoms. The fourth-order valence-corrected chi connectivity index (χ4v) is 2.94. The van der Waals surface area contributed by atoms with Gasteiger partial charge >= 0.3 is 0 Å². The van der Waals surface area contributed by atoms with E-state index >= 15 is 0 Å². The van der Waals surface area contributed by atoms with Gasteiger partial charge in [-0.15, -0.1) is 5.10 Å². The number of carbonyl (C=O) groups is 1. The van der Waals surface area contributed by atoms with Crippen molar-refractivity contribution in [2.24, 2.45) is 7.05 Å². The topological polar surface area (TPSA) is 98.5 Å². The molecule has 10 heteroatoms. The highest BCUT2D eigenvalue weighted by Crippen LogP contribution is 2.27. The van der Waals surface area contributed by atoms with Crippen molar-refractivity contribution < 1.29 is 13.6 Å². The summed E-state index contributed by atoms with van der Waals surface area (Å²) in [6.07, 6.45) is 2.79. The Labute approximate surface area is 169 Å². The highest BCUT2D eigenvalue weighted by atomic mass is 19.1. The third-order valence-electron chi connectivity index (χ3n) is 4.48. The number of anilines is 1. The lowest BCUT2D eigenvalue weighted by atomic mass is 10.0. The lowest BCUT2D eigenvalue weighted by molar-refractivity contribution is 0.101. The van der Waals surface area contributed by atoms with Gasteiger partial charge in [0.05, 0.1) is 18.1 Å². The van der Waals surface area contributed by atoms with Crippen LogP contribution in [-0.4, -0.2) is 36.1 Å². The Balaban J connectivity index is 1.60. The summed E-state index contributed by atoms with van der Waals surface area (Å²) in [5.41, 5.74) is 2.44. The van der Waals surface area contributed by atoms with Crippen LogP contribution in [0.4, 0.5) is 14.6 Å². The maximum Gasteiger partial charge on any atom is 0.262 e. The molecule has 150 valence electrons. The zero-order chi connectivity index (χ0) is 21.3. The van der Waals surface area contributed by atoms with Crippen LogP contribution >= 0.6 is 0 Å². The molecule has 0 bridgehead atoms. The molecule has 0 saturated carbocycles. The zero-order valence-corrected chi connectivity index (χ0v) is 16.0. The monoisotopic (exact) mass is 407 g/mol. The molecule has 0 fully saturated rings. The highest BCUT2D eigenvalue weighted by molar-refractivity contribution is 6.04. The first-order valence-corrected chi connectivity index (χ1v) is 8.85. The lowest BCUT2D eigenvalue weighted by Gasteiger charge is -2.09. The third-order valence-corrected chi connectivity index (χ3v) is 4.48. The van der Waals surface area contributed by atoms with Crippen LogP contribution in [0, 0.1) is 18.6 Å². The number of amides is 1. The van der Waals surface area contributed by atoms with Gasteiger partial charge in [-0.1, -0.05) is 18.2 Å². The molecule has 8 nitrogen and oxygen atoms in total. The minimum absolute atomic E-state index is 0.0673. The number of tetrazole rings is 1. The zero-order valence-electron chi connectivity index (χ0n) is 16.0. The Morgan fingerprint density at radius 3 is 2.47 bits per heavy atom. The van der Waals surface area contributed by atoms with E-state index in [4.69, 9.17) is 0 Å². The average Bonchev–Trinajstić information content (AvgIpc) is 3.15. The van der Waals surface area contributed by atoms with Crippen molar-refractivity contribution >= 4 is 11.7 Å². The first-order chi connectivity index (χ1) is 14.4. The van der Waals surface area contributed by atoms with Crippen LogP contribution in [-0.2, 0) is 7.05 Å². The van der Waals surface area contributed by atoms with Crippen molar-refractivity contribution in [3.8, 4) is 22.6 Å². The summed E-state index contributed by atoms with van der Waals surface area (Å²) in [7, 11) is 1.74. The van der Waals surface area contributed by atoms with Crippen LogP contribution in [0.1, 0.15) is 15.9 Å². The number of benzene rings is 2. The molecule has 0 aliphatic carbocycles. The molecule has 0 saturated heterocycles. The molecule has 4 aromatic rings. The first-order valence-electron chi connectivity index (χ1n) is 8.85. The Kier molecular flexibility index (Phi) is 4.97. The maximum absolute atomic E-state index is 13.8. The number of nitrogens with one attached hydrogen (secondary N) is 1. The van der Waals surface area contributed by atoms with E-state index in [2.05, 4.69) is 30.8 Å². The summed E-state index contributed by atoms with van der Waals surface area (Å²) in [4.78, 5) is 20.7. The van der Waals surface area contributed by atoms with E-state index < -0.39 is 23.1 Å². The molecule has 1 N–H and O–H groups in total. The summed E-state index contributed by atoms with van der Waals surface area (Å²) >= 11 is 0. The molecular formula is C20H15F2N7O. The lowest BCUT2D eigenvalue weighted by Crippen LogP contribution is -2.16. The third kappa shape index (κ3) is 3.62. The number of halogens is 2. The molecule has 2 heterocycles. The molecular weight excluding hydrogens is 392 g/mol. The molecule has 2 aromatic carbocycles. The number of rotatable bonds is 4. The van der Waals surface area contributed by atoms with Crippen LogP contribution < -0.4 is 5.32 Å². The standard InChI is InChI=1S/C20H15F2N7O/c1-11-6-7-12(19-26-27-28-29(19)2)8-13(11)16-9-24-17(10-23-16)25-20(30)18-14(21)4-3-5-15(18)22/h3-10H,1-2H3,(H,24,25,30). The average molecular weight is 407 g/mol. The SMILES string of the molecule is Cc1ccc(-c2nnnn2C)cc1-c1cnc(NC(=O)c2c(F)cccc2F)cn1. The highest BCUT2D eigenvalue weighted by Gasteiger charge is 2.18. The van der Waals surface area contributed by atoms with Gasteiger partial charge in [0.15, 0.2) is 11.6 Å². The van der Waals surface area contributed by atoms with Gasteiger partial charge in [-0.2, -0.15) is 0 Å². The van der Waals surface area contributed by atoms with E-state index in [1.165, 1.54) is 18.5 Å². The molecule has 0 atom stereocenters. The van der Waals surface area contributed by atoms with Crippen LogP contribution in [0.5, 0.6) is 0 Å². The Morgan fingerprint density at radius 1 is 1.07 bits per heavy atom. The van der Waals surface area contributed by atoms with Crippen molar-refractivity contribution in [2.45, 2.75) is 6.92 Å². The van der Waals surface area contributed by atoms with Gasteiger partial charge in [0.25, 0.3) is 5.91 Å². The molecule has 0 radical (unpaired) electrons. The molecule has 2 aromatic heterocycles. The van der Waals surface area contributed by atoms with Crippen molar-refractivity contribution in [3.05, 3.63) is 71.6 Å². The Morgan fingerprint density at radius 2 is 1.83 bits per heavy atom. The minimum atomic E-state index is -0.956. The summed E-state index contributed by atoms with van der Waals surface area (Å²) in [6, 6.07) is 8.90. The predicted octanol–water partition coefficient (Wildman–Crippen LogP) is 3.17. The second kappa shape index (κ2) is 7.74. The largest absolute Gasteiger partial charge is 0.305 e. The Bertz CT molecular complexity index is 1220. The van der Waals surface area contributed by atoms with Gasteiger partial charge in [-0.25, -0.2) is 18.4 Å². The van der Waals surface area contributed by atoms with E-state index in [0.717, 1.165) is 28.8 Å². The number of aryl methyl sites for hydroxylation is 2. The van der Waals surface area contributed by atoms with Crippen molar-refractivity contribution in [2.75, 3.05) is 5.32 Å². The summed E-state index contributed by atoms with van der Waals surface area (Å²) < 4.78 is 29.1. The minimum Gasteiger partial charge on any atom is -0.305 e. The quantitative estimate of drug-likeness (QED) is 0.558. The van der Waals surface area contributed by atoms with Crippen molar-refractivity contribution in [1.29, 1.82) is 0 Å². The molecule has 0 unspecified atom stereocenters. The van der Waals surface area contributed by atoms with Crippen LogP contribution in [0.3, 0.4) is 0 Å². The molecule has 4 rings (SSSR count). The summed E-state index contributed by atoms with van der Waals surface area (Å²) in [5, 5.41) is 13.8. The number of hydrogen-bond donors (Lipinski definition) is 1. The predicted molar refractivity (Wildman–Crippen MR) is 104 cm³/mol. The van der Waals surface area contributed by atoms with Gasteiger partial charge in [0.1, 0.15) is 17.2 Å².